The molecule has 0 aliphatic heterocycles. The lowest BCUT2D eigenvalue weighted by molar-refractivity contribution is 0.101. The van der Waals surface area contributed by atoms with Gasteiger partial charge in [-0.2, -0.15) is 0 Å². The van der Waals surface area contributed by atoms with Gasteiger partial charge < -0.3 is 5.32 Å². The first-order valence-corrected chi connectivity index (χ1v) is 10.0. The summed E-state index contributed by atoms with van der Waals surface area (Å²) in [6.45, 7) is 1.99. The van der Waals surface area contributed by atoms with E-state index in [0.29, 0.717) is 16.5 Å². The van der Waals surface area contributed by atoms with Crippen LogP contribution in [0.25, 0.3) is 17.1 Å². The molecule has 0 bridgehead atoms. The first-order chi connectivity index (χ1) is 14.0. The van der Waals surface area contributed by atoms with Gasteiger partial charge in [-0.1, -0.05) is 51.8 Å². The maximum absolute atomic E-state index is 12.8. The zero-order valence-corrected chi connectivity index (χ0v) is 17.8. The van der Waals surface area contributed by atoms with Crippen LogP contribution in [0.3, 0.4) is 0 Å². The summed E-state index contributed by atoms with van der Waals surface area (Å²) < 4.78 is 2.56. The Hall–Kier alpha value is -2.96. The molecule has 3 aromatic carbocycles. The van der Waals surface area contributed by atoms with Gasteiger partial charge in [-0.3, -0.25) is 4.79 Å². The number of nitrogens with zero attached hydrogens (tertiary/aromatic N) is 3. The largest absolute Gasteiger partial charge is 0.319 e. The van der Waals surface area contributed by atoms with Gasteiger partial charge in [-0.15, -0.1) is 5.10 Å². The van der Waals surface area contributed by atoms with Crippen molar-refractivity contribution in [2.24, 2.45) is 0 Å². The van der Waals surface area contributed by atoms with Gasteiger partial charge in [0.1, 0.15) is 0 Å². The second-order valence-electron chi connectivity index (χ2n) is 6.43. The number of benzene rings is 3. The summed E-state index contributed by atoms with van der Waals surface area (Å²) in [6, 6.07) is 22.5. The first kappa shape index (κ1) is 19.4. The van der Waals surface area contributed by atoms with Crippen molar-refractivity contribution in [3.05, 3.63) is 93.7 Å². The van der Waals surface area contributed by atoms with Crippen molar-refractivity contribution < 1.29 is 4.79 Å². The Balaban J connectivity index is 1.78. The molecule has 0 saturated carbocycles. The zero-order chi connectivity index (χ0) is 20.4. The molecule has 0 aliphatic carbocycles. The number of aromatic nitrogens is 3. The number of carbonyl (C=O) groups excluding carboxylic acids is 1. The van der Waals surface area contributed by atoms with E-state index in [-0.39, 0.29) is 11.7 Å². The minimum atomic E-state index is -0.384. The predicted octanol–water partition coefficient (Wildman–Crippen LogP) is 5.91. The molecule has 0 spiro atoms. The van der Waals surface area contributed by atoms with Crippen LogP contribution in [0.5, 0.6) is 0 Å². The molecule has 0 fully saturated rings. The third kappa shape index (κ3) is 4.23. The molecule has 4 aromatic rings. The zero-order valence-electron chi connectivity index (χ0n) is 15.4. The molecule has 0 aliphatic rings. The van der Waals surface area contributed by atoms with Crippen molar-refractivity contribution in [3.8, 4) is 17.1 Å². The van der Waals surface area contributed by atoms with Gasteiger partial charge in [-0.25, -0.2) is 9.67 Å². The summed E-state index contributed by atoms with van der Waals surface area (Å²) in [5.74, 6) is 0.263. The molecule has 7 heteroatoms. The normalized spacial score (nSPS) is 10.7. The van der Waals surface area contributed by atoms with Crippen LogP contribution >= 0.6 is 27.5 Å². The van der Waals surface area contributed by atoms with Gasteiger partial charge in [0.2, 0.25) is 5.82 Å². The van der Waals surface area contributed by atoms with E-state index in [1.807, 2.05) is 61.5 Å². The second kappa shape index (κ2) is 8.19. The van der Waals surface area contributed by atoms with Crippen molar-refractivity contribution in [2.45, 2.75) is 6.92 Å². The fraction of sp³-hybridized carbons (Fsp3) is 0.0455. The van der Waals surface area contributed by atoms with E-state index >= 15 is 0 Å². The van der Waals surface area contributed by atoms with Crippen LogP contribution in [0.4, 0.5) is 5.69 Å². The minimum absolute atomic E-state index is 0.0816. The highest BCUT2D eigenvalue weighted by Crippen LogP contribution is 2.25. The highest BCUT2D eigenvalue weighted by molar-refractivity contribution is 9.10. The number of para-hydroxylation sites is 1. The Morgan fingerprint density at radius 1 is 1.03 bits per heavy atom. The SMILES string of the molecule is Cc1ccccc1-n1nc(C(=O)Nc2cccc(Br)c2)nc1-c1ccc(Cl)cc1. The molecule has 144 valence electrons. The summed E-state index contributed by atoms with van der Waals surface area (Å²) in [5, 5.41) is 7.97. The first-order valence-electron chi connectivity index (χ1n) is 8.87. The highest BCUT2D eigenvalue weighted by atomic mass is 79.9. The molecule has 0 unspecified atom stereocenters. The van der Waals surface area contributed by atoms with Crippen LogP contribution < -0.4 is 5.32 Å². The number of amides is 1. The fourth-order valence-corrected chi connectivity index (χ4v) is 3.44. The highest BCUT2D eigenvalue weighted by Gasteiger charge is 2.20. The molecule has 29 heavy (non-hydrogen) atoms. The van der Waals surface area contributed by atoms with E-state index in [9.17, 15) is 4.79 Å². The van der Waals surface area contributed by atoms with E-state index in [4.69, 9.17) is 11.6 Å². The number of hydrogen-bond acceptors (Lipinski definition) is 3. The average molecular weight is 468 g/mol. The smallest absolute Gasteiger partial charge is 0.295 e. The molecule has 0 saturated heterocycles. The molecule has 1 aromatic heterocycles. The van der Waals surface area contributed by atoms with Crippen LogP contribution in [0.2, 0.25) is 5.02 Å². The molecule has 0 atom stereocenters. The Morgan fingerprint density at radius 2 is 1.79 bits per heavy atom. The molecule has 1 amide bonds. The van der Waals surface area contributed by atoms with E-state index in [1.54, 1.807) is 22.9 Å². The summed E-state index contributed by atoms with van der Waals surface area (Å²) in [5.41, 5.74) is 3.34. The molecule has 0 radical (unpaired) electrons. The topological polar surface area (TPSA) is 59.8 Å². The molecule has 1 N–H and O–H groups in total. The molecular weight excluding hydrogens is 452 g/mol. The number of halogens is 2. The predicted molar refractivity (Wildman–Crippen MR) is 119 cm³/mol. The third-order valence-electron chi connectivity index (χ3n) is 4.34. The van der Waals surface area contributed by atoms with Gasteiger partial charge in [0.15, 0.2) is 5.82 Å². The lowest BCUT2D eigenvalue weighted by Gasteiger charge is -2.08. The van der Waals surface area contributed by atoms with Crippen LogP contribution in [-0.4, -0.2) is 20.7 Å². The number of anilines is 1. The lowest BCUT2D eigenvalue weighted by atomic mass is 10.2. The van der Waals surface area contributed by atoms with E-state index in [0.717, 1.165) is 21.3 Å². The van der Waals surface area contributed by atoms with Crippen molar-refractivity contribution in [1.29, 1.82) is 0 Å². The minimum Gasteiger partial charge on any atom is -0.319 e. The van der Waals surface area contributed by atoms with Crippen LogP contribution in [0.1, 0.15) is 16.2 Å². The maximum atomic E-state index is 12.8. The summed E-state index contributed by atoms with van der Waals surface area (Å²) in [7, 11) is 0. The lowest BCUT2D eigenvalue weighted by Crippen LogP contribution is -2.14. The summed E-state index contributed by atoms with van der Waals surface area (Å²) in [4.78, 5) is 17.3. The summed E-state index contributed by atoms with van der Waals surface area (Å²) in [6.07, 6.45) is 0. The maximum Gasteiger partial charge on any atom is 0.295 e. The van der Waals surface area contributed by atoms with Gasteiger partial charge in [0.25, 0.3) is 5.91 Å². The monoisotopic (exact) mass is 466 g/mol. The van der Waals surface area contributed by atoms with E-state index in [2.05, 4.69) is 31.3 Å². The number of rotatable bonds is 4. The Bertz CT molecular complexity index is 1190. The Kier molecular flexibility index (Phi) is 5.47. The Labute approximate surface area is 181 Å². The number of hydrogen-bond donors (Lipinski definition) is 1. The van der Waals surface area contributed by atoms with Gasteiger partial charge in [0.05, 0.1) is 5.69 Å². The van der Waals surface area contributed by atoms with Crippen LogP contribution in [0.15, 0.2) is 77.3 Å². The van der Waals surface area contributed by atoms with Gasteiger partial charge in [0, 0.05) is 20.7 Å². The van der Waals surface area contributed by atoms with Crippen LogP contribution in [-0.2, 0) is 0 Å². The standard InChI is InChI=1S/C22H16BrClN4O/c1-14-5-2-3-8-19(14)28-21(15-9-11-17(24)12-10-15)26-20(27-28)22(29)25-18-7-4-6-16(23)13-18/h2-13H,1H3,(H,25,29). The van der Waals surface area contributed by atoms with Crippen molar-refractivity contribution in [2.75, 3.05) is 5.32 Å². The summed E-state index contributed by atoms with van der Waals surface area (Å²) >= 11 is 9.43. The fourth-order valence-electron chi connectivity index (χ4n) is 2.92. The number of aryl methyl sites for hydroxylation is 1. The van der Waals surface area contributed by atoms with E-state index in [1.165, 1.54) is 0 Å². The quantitative estimate of drug-likeness (QED) is 0.406. The van der Waals surface area contributed by atoms with Crippen molar-refractivity contribution in [1.82, 2.24) is 14.8 Å². The second-order valence-corrected chi connectivity index (χ2v) is 7.78. The van der Waals surface area contributed by atoms with Gasteiger partial charge >= 0.3 is 0 Å². The third-order valence-corrected chi connectivity index (χ3v) is 5.08. The molecule has 4 rings (SSSR count). The molecular formula is C22H16BrClN4O. The van der Waals surface area contributed by atoms with Gasteiger partial charge in [-0.05, 0) is 61.0 Å². The van der Waals surface area contributed by atoms with E-state index < -0.39 is 0 Å². The van der Waals surface area contributed by atoms with Crippen LogP contribution in [0, 0.1) is 6.92 Å². The molecule has 1 heterocycles. The number of carbonyl (C=O) groups is 1. The number of nitrogens with one attached hydrogen (secondary N) is 1. The van der Waals surface area contributed by atoms with Crippen molar-refractivity contribution >= 4 is 39.1 Å². The van der Waals surface area contributed by atoms with Crippen molar-refractivity contribution in [3.63, 3.8) is 0 Å². The Morgan fingerprint density at radius 3 is 2.52 bits per heavy atom. The molecule has 5 nitrogen and oxygen atoms in total. The average Bonchev–Trinajstić information content (AvgIpc) is 3.14.